The van der Waals surface area contributed by atoms with Crippen molar-refractivity contribution in [1.82, 2.24) is 0 Å². The van der Waals surface area contributed by atoms with E-state index in [2.05, 4.69) is 65.0 Å². The van der Waals surface area contributed by atoms with Crippen LogP contribution in [-0.2, 0) is 15.3 Å². The fourth-order valence-electron chi connectivity index (χ4n) is 3.84. The molecule has 0 spiro atoms. The van der Waals surface area contributed by atoms with Gasteiger partial charge < -0.3 is 9.47 Å². The normalized spacial score (nSPS) is 13.4. The molecule has 0 saturated heterocycles. The minimum atomic E-state index is -0.623. The average Bonchev–Trinajstić information content (AvgIpc) is 2.61. The van der Waals surface area contributed by atoms with E-state index in [1.54, 1.807) is 0 Å². The summed E-state index contributed by atoms with van der Waals surface area (Å²) in [4.78, 5) is 0. The van der Waals surface area contributed by atoms with Gasteiger partial charge in [-0.05, 0) is 26.2 Å². The molecular formula is C23H40O2. The molecule has 0 saturated carbocycles. The predicted octanol–water partition coefficient (Wildman–Crippen LogP) is 6.94. The Bertz CT molecular complexity index is 421. The quantitative estimate of drug-likeness (QED) is 0.268. The van der Waals surface area contributed by atoms with Crippen LogP contribution in [0.5, 0.6) is 0 Å². The molecule has 0 aliphatic heterocycles. The molecule has 1 aromatic carbocycles. The number of benzene rings is 1. The van der Waals surface area contributed by atoms with Crippen LogP contribution in [0.1, 0.15) is 85.1 Å². The summed E-state index contributed by atoms with van der Waals surface area (Å²) in [7, 11) is 0. The van der Waals surface area contributed by atoms with Gasteiger partial charge in [-0.2, -0.15) is 0 Å². The second-order valence-electron chi connectivity index (χ2n) is 7.31. The maximum absolute atomic E-state index is 6.35. The first-order valence-corrected chi connectivity index (χ1v) is 10.5. The van der Waals surface area contributed by atoms with E-state index in [1.807, 2.05) is 0 Å². The number of rotatable bonds is 14. The van der Waals surface area contributed by atoms with E-state index in [1.165, 1.54) is 38.5 Å². The second kappa shape index (κ2) is 12.5. The maximum Gasteiger partial charge on any atom is 0.197 e. The third-order valence-corrected chi connectivity index (χ3v) is 5.06. The Hall–Kier alpha value is -0.860. The molecule has 2 heteroatoms. The van der Waals surface area contributed by atoms with Crippen LogP contribution in [0.2, 0.25) is 0 Å². The van der Waals surface area contributed by atoms with Gasteiger partial charge in [-0.1, -0.05) is 89.6 Å². The molecule has 0 N–H and O–H groups in total. The third-order valence-electron chi connectivity index (χ3n) is 5.06. The molecule has 25 heavy (non-hydrogen) atoms. The van der Waals surface area contributed by atoms with Gasteiger partial charge in [-0.25, -0.2) is 0 Å². The molecule has 2 nitrogen and oxygen atoms in total. The molecule has 0 radical (unpaired) electrons. The van der Waals surface area contributed by atoms with Crippen LogP contribution in [0.15, 0.2) is 30.3 Å². The molecule has 0 fully saturated rings. The zero-order chi connectivity index (χ0) is 18.5. The lowest BCUT2D eigenvalue weighted by atomic mass is 9.79. The molecule has 0 aromatic heterocycles. The Balaban J connectivity index is 2.93. The number of hydrogen-bond acceptors (Lipinski definition) is 2. The fraction of sp³-hybridized carbons (Fsp3) is 0.739. The standard InChI is InChI=1S/C23H40O2/c1-6-9-10-11-12-16-19-22(20(4)5)23(24-7-2,25-8-3)21-17-14-13-15-18-21/h13-15,17-18,20,22H,6-12,16,19H2,1-5H3. The van der Waals surface area contributed by atoms with Crippen molar-refractivity contribution in [2.45, 2.75) is 85.4 Å². The first kappa shape index (κ1) is 22.2. The highest BCUT2D eigenvalue weighted by molar-refractivity contribution is 5.21. The van der Waals surface area contributed by atoms with Crippen molar-refractivity contribution in [2.24, 2.45) is 11.8 Å². The third kappa shape index (κ3) is 6.75. The van der Waals surface area contributed by atoms with Crippen molar-refractivity contribution in [3.05, 3.63) is 35.9 Å². The highest BCUT2D eigenvalue weighted by Crippen LogP contribution is 2.42. The van der Waals surface area contributed by atoms with Gasteiger partial charge in [-0.15, -0.1) is 0 Å². The molecule has 1 unspecified atom stereocenters. The Morgan fingerprint density at radius 2 is 1.36 bits per heavy atom. The summed E-state index contributed by atoms with van der Waals surface area (Å²) in [6, 6.07) is 10.5. The largest absolute Gasteiger partial charge is 0.346 e. The Labute approximate surface area is 156 Å². The second-order valence-corrected chi connectivity index (χ2v) is 7.31. The molecule has 0 aliphatic rings. The van der Waals surface area contributed by atoms with Crippen molar-refractivity contribution in [3.63, 3.8) is 0 Å². The van der Waals surface area contributed by atoms with Gasteiger partial charge in [0.15, 0.2) is 5.79 Å². The number of unbranched alkanes of at least 4 members (excludes halogenated alkanes) is 5. The van der Waals surface area contributed by atoms with Crippen LogP contribution < -0.4 is 0 Å². The van der Waals surface area contributed by atoms with Gasteiger partial charge in [0.25, 0.3) is 0 Å². The summed E-state index contributed by atoms with van der Waals surface area (Å²) in [5.41, 5.74) is 1.16. The van der Waals surface area contributed by atoms with E-state index in [0.717, 1.165) is 12.0 Å². The number of hydrogen-bond donors (Lipinski definition) is 0. The average molecular weight is 349 g/mol. The van der Waals surface area contributed by atoms with Gasteiger partial charge in [0.05, 0.1) is 0 Å². The van der Waals surface area contributed by atoms with Crippen molar-refractivity contribution in [1.29, 1.82) is 0 Å². The number of ether oxygens (including phenoxy) is 2. The highest BCUT2D eigenvalue weighted by Gasteiger charge is 2.43. The van der Waals surface area contributed by atoms with Crippen molar-refractivity contribution in [2.75, 3.05) is 13.2 Å². The van der Waals surface area contributed by atoms with Gasteiger partial charge >= 0.3 is 0 Å². The van der Waals surface area contributed by atoms with Crippen LogP contribution in [0.4, 0.5) is 0 Å². The molecule has 1 aromatic rings. The van der Waals surface area contributed by atoms with Gasteiger partial charge in [-0.3, -0.25) is 0 Å². The molecule has 144 valence electrons. The Morgan fingerprint density at radius 1 is 0.800 bits per heavy atom. The van der Waals surface area contributed by atoms with Crippen LogP contribution in [0.25, 0.3) is 0 Å². The van der Waals surface area contributed by atoms with Crippen LogP contribution in [-0.4, -0.2) is 13.2 Å². The molecule has 1 atom stereocenters. The summed E-state index contributed by atoms with van der Waals surface area (Å²) in [6.45, 7) is 12.3. The maximum atomic E-state index is 6.35. The summed E-state index contributed by atoms with van der Waals surface area (Å²) in [5, 5.41) is 0. The SMILES string of the molecule is CCCCCCCCC(C(C)C)C(OCC)(OCC)c1ccccc1. The summed E-state index contributed by atoms with van der Waals surface area (Å²) >= 11 is 0. The lowest BCUT2D eigenvalue weighted by molar-refractivity contribution is -0.283. The minimum Gasteiger partial charge on any atom is -0.346 e. The topological polar surface area (TPSA) is 18.5 Å². The lowest BCUT2D eigenvalue weighted by Gasteiger charge is -2.42. The van der Waals surface area contributed by atoms with Crippen molar-refractivity contribution >= 4 is 0 Å². The van der Waals surface area contributed by atoms with Crippen LogP contribution in [0, 0.1) is 11.8 Å². The Kier molecular flexibility index (Phi) is 11.1. The van der Waals surface area contributed by atoms with Gasteiger partial charge in [0, 0.05) is 24.7 Å². The van der Waals surface area contributed by atoms with Crippen molar-refractivity contribution < 1.29 is 9.47 Å². The predicted molar refractivity (Wildman–Crippen MR) is 108 cm³/mol. The van der Waals surface area contributed by atoms with E-state index in [4.69, 9.17) is 9.47 Å². The van der Waals surface area contributed by atoms with Crippen LogP contribution >= 0.6 is 0 Å². The smallest absolute Gasteiger partial charge is 0.197 e. The molecule has 0 heterocycles. The van der Waals surface area contributed by atoms with Gasteiger partial charge in [0.2, 0.25) is 0 Å². The zero-order valence-electron chi connectivity index (χ0n) is 17.2. The molecule has 1 rings (SSSR count). The summed E-state index contributed by atoms with van der Waals surface area (Å²) in [6.07, 6.45) is 9.09. The highest BCUT2D eigenvalue weighted by atomic mass is 16.7. The van der Waals surface area contributed by atoms with Gasteiger partial charge in [0.1, 0.15) is 0 Å². The molecule has 0 aliphatic carbocycles. The molecule has 0 bridgehead atoms. The molecule has 0 amide bonds. The monoisotopic (exact) mass is 348 g/mol. The zero-order valence-corrected chi connectivity index (χ0v) is 17.2. The van der Waals surface area contributed by atoms with Crippen LogP contribution in [0.3, 0.4) is 0 Å². The van der Waals surface area contributed by atoms with E-state index in [-0.39, 0.29) is 0 Å². The first-order chi connectivity index (χ1) is 12.1. The van der Waals surface area contributed by atoms with E-state index >= 15 is 0 Å². The van der Waals surface area contributed by atoms with E-state index < -0.39 is 5.79 Å². The first-order valence-electron chi connectivity index (χ1n) is 10.5. The van der Waals surface area contributed by atoms with E-state index in [9.17, 15) is 0 Å². The Morgan fingerprint density at radius 3 is 1.88 bits per heavy atom. The fourth-order valence-corrected chi connectivity index (χ4v) is 3.84. The lowest BCUT2D eigenvalue weighted by Crippen LogP contribution is -2.43. The summed E-state index contributed by atoms with van der Waals surface area (Å²) < 4.78 is 12.7. The minimum absolute atomic E-state index is 0.362. The van der Waals surface area contributed by atoms with Crippen molar-refractivity contribution in [3.8, 4) is 0 Å². The van der Waals surface area contributed by atoms with E-state index in [0.29, 0.717) is 25.0 Å². The molecular weight excluding hydrogens is 308 g/mol. The summed E-state index contributed by atoms with van der Waals surface area (Å²) in [5.74, 6) is 0.248.